The van der Waals surface area contributed by atoms with Crippen LogP contribution in [0.2, 0.25) is 0 Å². The van der Waals surface area contributed by atoms with Crippen LogP contribution in [0.3, 0.4) is 0 Å². The first-order chi connectivity index (χ1) is 14.7. The molecule has 0 fully saturated rings. The van der Waals surface area contributed by atoms with Gasteiger partial charge in [-0.1, -0.05) is 55.1 Å². The molecule has 4 aromatic rings. The molecular weight excluding hydrogens is 390 g/mol. The fourth-order valence-electron chi connectivity index (χ4n) is 4.37. The second-order valence-corrected chi connectivity index (χ2v) is 8.83. The number of carbonyl (C=O) groups is 1. The first-order valence-electron chi connectivity index (χ1n) is 10.3. The van der Waals surface area contributed by atoms with Crippen molar-refractivity contribution in [1.29, 1.82) is 5.26 Å². The van der Waals surface area contributed by atoms with Gasteiger partial charge in [0.1, 0.15) is 11.1 Å². The van der Waals surface area contributed by atoms with Crippen molar-refractivity contribution in [3.63, 3.8) is 0 Å². The van der Waals surface area contributed by atoms with Crippen molar-refractivity contribution in [2.24, 2.45) is 0 Å². The maximum absolute atomic E-state index is 13.7. The normalized spacial score (nSPS) is 14.0. The number of nitrogens with zero attached hydrogens (tertiary/aromatic N) is 3. The van der Waals surface area contributed by atoms with E-state index in [2.05, 4.69) is 18.2 Å². The summed E-state index contributed by atoms with van der Waals surface area (Å²) in [5, 5.41) is 12.2. The molecule has 1 aliphatic carbocycles. The average molecular weight is 412 g/mol. The summed E-state index contributed by atoms with van der Waals surface area (Å²) in [6.45, 7) is 2.02. The van der Waals surface area contributed by atoms with E-state index < -0.39 is 0 Å². The van der Waals surface area contributed by atoms with Crippen molar-refractivity contribution in [3.05, 3.63) is 71.4 Å². The van der Waals surface area contributed by atoms with E-state index in [9.17, 15) is 10.1 Å². The Bertz CT molecular complexity index is 1280. The average Bonchev–Trinajstić information content (AvgIpc) is 3.38. The number of rotatable bonds is 4. The molecule has 0 saturated carbocycles. The molecule has 1 aliphatic rings. The van der Waals surface area contributed by atoms with Crippen molar-refractivity contribution in [2.75, 3.05) is 0 Å². The van der Waals surface area contributed by atoms with Crippen molar-refractivity contribution >= 4 is 39.5 Å². The molecule has 30 heavy (non-hydrogen) atoms. The second-order valence-electron chi connectivity index (χ2n) is 7.63. The maximum Gasteiger partial charge on any atom is 0.245 e. The van der Waals surface area contributed by atoms with Gasteiger partial charge in [0.25, 0.3) is 0 Å². The van der Waals surface area contributed by atoms with Crippen LogP contribution in [0.5, 0.6) is 0 Å². The van der Waals surface area contributed by atoms with Crippen LogP contribution in [0.15, 0.2) is 59.6 Å². The number of thioether (sulfide) groups is 1. The lowest BCUT2D eigenvalue weighted by Gasteiger charge is -2.16. The van der Waals surface area contributed by atoms with Crippen LogP contribution in [0, 0.1) is 11.3 Å². The molecule has 0 saturated heterocycles. The highest BCUT2D eigenvalue weighted by atomic mass is 32.2. The molecule has 0 aliphatic heterocycles. The van der Waals surface area contributed by atoms with E-state index in [0.29, 0.717) is 17.0 Å². The lowest BCUT2D eigenvalue weighted by molar-refractivity contribution is 0.0919. The van der Waals surface area contributed by atoms with Crippen LogP contribution in [0.1, 0.15) is 41.4 Å². The Kier molecular flexibility index (Phi) is 4.80. The highest BCUT2D eigenvalue weighted by molar-refractivity contribution is 8.00. The van der Waals surface area contributed by atoms with Gasteiger partial charge in [-0.3, -0.25) is 9.36 Å². The van der Waals surface area contributed by atoms with Crippen LogP contribution in [0.25, 0.3) is 21.8 Å². The minimum atomic E-state index is -0.316. The molecule has 2 aromatic carbocycles. The largest absolute Gasteiger partial charge is 0.279 e. The molecule has 0 spiro atoms. The Balaban J connectivity index is 1.59. The van der Waals surface area contributed by atoms with E-state index in [-0.39, 0.29) is 11.2 Å². The van der Waals surface area contributed by atoms with E-state index in [4.69, 9.17) is 4.98 Å². The quantitative estimate of drug-likeness (QED) is 0.401. The zero-order chi connectivity index (χ0) is 20.7. The fourth-order valence-corrected chi connectivity index (χ4v) is 5.41. The van der Waals surface area contributed by atoms with Gasteiger partial charge in [-0.15, -0.1) is 0 Å². The number of benzene rings is 2. The predicted octanol–water partition coefficient (Wildman–Crippen LogP) is 5.76. The van der Waals surface area contributed by atoms with Crippen molar-refractivity contribution in [3.8, 4) is 6.07 Å². The number of aryl methyl sites for hydroxylation is 2. The molecule has 5 rings (SSSR count). The number of carbonyl (C=O) groups excluding carboxylic acids is 1. The molecule has 2 heterocycles. The van der Waals surface area contributed by atoms with Crippen molar-refractivity contribution < 1.29 is 4.79 Å². The minimum Gasteiger partial charge on any atom is -0.279 e. The van der Waals surface area contributed by atoms with Crippen LogP contribution in [0.4, 0.5) is 0 Å². The predicted molar refractivity (Wildman–Crippen MR) is 121 cm³/mol. The van der Waals surface area contributed by atoms with E-state index in [1.54, 1.807) is 0 Å². The van der Waals surface area contributed by atoms with Gasteiger partial charge in [-0.05, 0) is 49.4 Å². The van der Waals surface area contributed by atoms with Crippen LogP contribution in [-0.2, 0) is 12.8 Å². The third-order valence-corrected chi connectivity index (χ3v) is 7.19. The van der Waals surface area contributed by atoms with Crippen LogP contribution >= 0.6 is 11.8 Å². The summed E-state index contributed by atoms with van der Waals surface area (Å²) in [6, 6.07) is 20.3. The fraction of sp³-hybridized carbons (Fsp3) is 0.240. The first kappa shape index (κ1) is 18.9. The molecule has 2 aromatic heterocycles. The van der Waals surface area contributed by atoms with E-state index in [1.807, 2.05) is 54.0 Å². The molecule has 5 heteroatoms. The van der Waals surface area contributed by atoms with Crippen LogP contribution < -0.4 is 0 Å². The molecule has 1 unspecified atom stereocenters. The number of aromatic nitrogens is 2. The lowest BCUT2D eigenvalue weighted by Crippen LogP contribution is -2.23. The number of fused-ring (bicyclic) bond motifs is 4. The summed E-state index contributed by atoms with van der Waals surface area (Å²) < 4.78 is 1.84. The monoisotopic (exact) mass is 411 g/mol. The summed E-state index contributed by atoms with van der Waals surface area (Å²) in [6.07, 6.45) is 3.68. The highest BCUT2D eigenvalue weighted by Crippen LogP contribution is 2.34. The summed E-state index contributed by atoms with van der Waals surface area (Å²) in [5.74, 6) is 0.0334. The topological polar surface area (TPSA) is 58.7 Å². The van der Waals surface area contributed by atoms with Gasteiger partial charge < -0.3 is 0 Å². The Hall–Kier alpha value is -3.10. The molecule has 0 N–H and O–H groups in total. The molecule has 4 nitrogen and oxygen atoms in total. The Labute approximate surface area is 179 Å². The van der Waals surface area contributed by atoms with E-state index in [1.165, 1.54) is 17.3 Å². The Morgan fingerprint density at radius 1 is 1.13 bits per heavy atom. The number of hydrogen-bond donors (Lipinski definition) is 0. The van der Waals surface area contributed by atoms with Gasteiger partial charge in [0.2, 0.25) is 5.91 Å². The Morgan fingerprint density at radius 3 is 2.43 bits per heavy atom. The zero-order valence-corrected chi connectivity index (χ0v) is 17.6. The third kappa shape index (κ3) is 3.00. The van der Waals surface area contributed by atoms with E-state index in [0.717, 1.165) is 46.8 Å². The first-order valence-corrected chi connectivity index (χ1v) is 11.2. The minimum absolute atomic E-state index is 0.0334. The lowest BCUT2D eigenvalue weighted by atomic mass is 10.2. The summed E-state index contributed by atoms with van der Waals surface area (Å²) in [4.78, 5) is 18.5. The van der Waals surface area contributed by atoms with Gasteiger partial charge in [0.15, 0.2) is 0 Å². The maximum atomic E-state index is 13.7. The van der Waals surface area contributed by atoms with Gasteiger partial charge in [-0.2, -0.15) is 5.26 Å². The molecular formula is C25H21N3OS. The van der Waals surface area contributed by atoms with E-state index >= 15 is 0 Å². The number of hydrogen-bond acceptors (Lipinski definition) is 4. The number of nitriles is 1. The van der Waals surface area contributed by atoms with Gasteiger partial charge in [-0.25, -0.2) is 4.98 Å². The highest BCUT2D eigenvalue weighted by Gasteiger charge is 2.26. The van der Waals surface area contributed by atoms with Gasteiger partial charge in [0.05, 0.1) is 21.8 Å². The van der Waals surface area contributed by atoms with Gasteiger partial charge in [0, 0.05) is 16.5 Å². The molecule has 0 bridgehead atoms. The van der Waals surface area contributed by atoms with Crippen LogP contribution in [-0.4, -0.2) is 20.7 Å². The Morgan fingerprint density at radius 2 is 1.80 bits per heavy atom. The van der Waals surface area contributed by atoms with Crippen molar-refractivity contribution in [1.82, 2.24) is 9.55 Å². The van der Waals surface area contributed by atoms with Gasteiger partial charge >= 0.3 is 0 Å². The summed E-state index contributed by atoms with van der Waals surface area (Å²) >= 11 is 1.43. The summed E-state index contributed by atoms with van der Waals surface area (Å²) in [5.41, 5.74) is 4.68. The number of pyridine rings is 1. The number of para-hydroxylation sites is 2. The van der Waals surface area contributed by atoms with Crippen molar-refractivity contribution in [2.45, 2.75) is 42.9 Å². The molecule has 1 atom stereocenters. The zero-order valence-electron chi connectivity index (χ0n) is 16.8. The molecule has 0 radical (unpaired) electrons. The summed E-state index contributed by atoms with van der Waals surface area (Å²) in [7, 11) is 0. The third-order valence-electron chi connectivity index (χ3n) is 5.84. The molecule has 0 amide bonds. The standard InChI is InChI=1S/C25H21N3OS/c1-2-23(30-24-17(15-26)14-16-8-7-11-20(16)27-24)25(29)28-21-12-5-3-9-18(21)19-10-4-6-13-22(19)28/h3-6,9-10,12-14,23H,2,7-8,11H2,1H3. The SMILES string of the molecule is CCC(Sc1nc2c(cc1C#N)CCC2)C(=O)n1c2ccccc2c2ccccc21. The smallest absolute Gasteiger partial charge is 0.245 e. The second kappa shape index (κ2) is 7.62. The molecule has 148 valence electrons.